The fourth-order valence-corrected chi connectivity index (χ4v) is 4.40. The van der Waals surface area contributed by atoms with E-state index in [2.05, 4.69) is 69.3 Å². The maximum absolute atomic E-state index is 14.3. The first-order valence-electron chi connectivity index (χ1n) is 10.8. The van der Waals surface area contributed by atoms with Crippen molar-refractivity contribution >= 4 is 20.3 Å². The van der Waals surface area contributed by atoms with Gasteiger partial charge >= 0.3 is 0 Å². The molecule has 0 amide bonds. The average Bonchev–Trinajstić information content (AvgIpc) is 3.07. The molecule has 0 aliphatic carbocycles. The zero-order chi connectivity index (χ0) is 22.9. The van der Waals surface area contributed by atoms with Crippen LogP contribution in [-0.2, 0) is 5.54 Å². The van der Waals surface area contributed by atoms with Gasteiger partial charge in [-0.25, -0.2) is 8.78 Å². The van der Waals surface area contributed by atoms with Gasteiger partial charge in [0.15, 0.2) is 0 Å². The van der Waals surface area contributed by atoms with Crippen molar-refractivity contribution in [3.05, 3.63) is 66.3 Å². The summed E-state index contributed by atoms with van der Waals surface area (Å²) in [6.07, 6.45) is 6.07. The van der Waals surface area contributed by atoms with E-state index in [1.54, 1.807) is 0 Å². The molecular formula is C24H36F2N4P+. The Morgan fingerprint density at radius 1 is 1.29 bits per heavy atom. The van der Waals surface area contributed by atoms with E-state index in [0.717, 1.165) is 62.2 Å². The van der Waals surface area contributed by atoms with Crippen LogP contribution in [-0.4, -0.2) is 55.9 Å². The van der Waals surface area contributed by atoms with Crippen LogP contribution in [0.1, 0.15) is 31.7 Å². The molecule has 1 aromatic rings. The largest absolute Gasteiger partial charge is 0.315 e. The Balaban J connectivity index is 2.21. The second kappa shape index (κ2) is 12.2. The lowest BCUT2D eigenvalue weighted by molar-refractivity contribution is -0.655. The van der Waals surface area contributed by atoms with Gasteiger partial charge in [0, 0.05) is 19.2 Å². The molecule has 2 unspecified atom stereocenters. The molecule has 0 radical (unpaired) electrons. The van der Waals surface area contributed by atoms with Crippen LogP contribution in [0.3, 0.4) is 0 Å². The maximum atomic E-state index is 14.3. The minimum Gasteiger partial charge on any atom is -0.315 e. The van der Waals surface area contributed by atoms with E-state index >= 15 is 0 Å². The fourth-order valence-electron chi connectivity index (χ4n) is 3.93. The van der Waals surface area contributed by atoms with E-state index in [0.29, 0.717) is 6.42 Å². The highest BCUT2D eigenvalue weighted by molar-refractivity contribution is 7.27. The van der Waals surface area contributed by atoms with Crippen LogP contribution in [0, 0.1) is 0 Å². The predicted octanol–water partition coefficient (Wildman–Crippen LogP) is 2.37. The number of likely N-dealkylation sites (N-methyl/N-ethyl adjacent to an activating group) is 1. The average molecular weight is 450 g/mol. The number of rotatable bonds is 12. The Morgan fingerprint density at radius 3 is 2.68 bits per heavy atom. The number of benzene rings is 1. The lowest BCUT2D eigenvalue weighted by Crippen LogP contribution is -2.83. The number of hydrogen-bond acceptors (Lipinski definition) is 3. The van der Waals surface area contributed by atoms with Crippen LogP contribution in [0.25, 0.3) is 0 Å². The van der Waals surface area contributed by atoms with Crippen LogP contribution in [0.15, 0.2) is 60.7 Å². The summed E-state index contributed by atoms with van der Waals surface area (Å²) < 4.78 is 27.1. The number of hydrazone groups is 1. The molecule has 0 saturated heterocycles. The van der Waals surface area contributed by atoms with Gasteiger partial charge in [-0.15, -0.1) is 14.3 Å². The zero-order valence-corrected chi connectivity index (χ0v) is 20.1. The predicted molar refractivity (Wildman–Crippen MR) is 130 cm³/mol. The summed E-state index contributed by atoms with van der Waals surface area (Å²) in [5.74, 6) is -1.17. The van der Waals surface area contributed by atoms with E-state index < -0.39 is 11.7 Å². The summed E-state index contributed by atoms with van der Waals surface area (Å²) >= 11 is 0. The molecule has 4 nitrogen and oxygen atoms in total. The van der Waals surface area contributed by atoms with Crippen molar-refractivity contribution in [1.29, 1.82) is 0 Å². The van der Waals surface area contributed by atoms with Crippen molar-refractivity contribution in [1.82, 2.24) is 15.2 Å². The normalized spacial score (nSPS) is 19.5. The molecule has 1 aliphatic rings. The van der Waals surface area contributed by atoms with E-state index in [4.69, 9.17) is 0 Å². The molecule has 0 spiro atoms. The minimum absolute atomic E-state index is 0.276. The van der Waals surface area contributed by atoms with Crippen LogP contribution in [0.2, 0.25) is 0 Å². The summed E-state index contributed by atoms with van der Waals surface area (Å²) in [5, 5.41) is 10.3. The van der Waals surface area contributed by atoms with Gasteiger partial charge in [0.1, 0.15) is 17.2 Å². The number of hydrazine groups is 1. The zero-order valence-electron chi connectivity index (χ0n) is 18.9. The maximum Gasteiger partial charge on any atom is 0.209 e. The van der Waals surface area contributed by atoms with Gasteiger partial charge in [-0.1, -0.05) is 37.8 Å². The Kier molecular flexibility index (Phi) is 10.0. The molecule has 1 aliphatic heterocycles. The quantitative estimate of drug-likeness (QED) is 0.292. The van der Waals surface area contributed by atoms with Crippen molar-refractivity contribution in [3.63, 3.8) is 0 Å². The van der Waals surface area contributed by atoms with E-state index in [9.17, 15) is 8.78 Å². The lowest BCUT2D eigenvalue weighted by atomic mass is 9.82. The van der Waals surface area contributed by atoms with Crippen molar-refractivity contribution in [2.45, 2.75) is 31.7 Å². The number of nitrogens with zero attached hydrogens (tertiary/aromatic N) is 2. The first-order chi connectivity index (χ1) is 14.8. The summed E-state index contributed by atoms with van der Waals surface area (Å²) in [6.45, 7) is 8.98. The smallest absolute Gasteiger partial charge is 0.209 e. The third-order valence-electron chi connectivity index (χ3n) is 5.53. The highest BCUT2D eigenvalue weighted by atomic mass is 31.0. The minimum atomic E-state index is -0.670. The summed E-state index contributed by atoms with van der Waals surface area (Å²) in [6, 6.07) is 8.30. The molecular weight excluding hydrogens is 413 g/mol. The number of nitrogens with one attached hydrogen (secondary N) is 2. The van der Waals surface area contributed by atoms with E-state index in [-0.39, 0.29) is 5.54 Å². The van der Waals surface area contributed by atoms with Gasteiger partial charge in [0.05, 0.1) is 13.0 Å². The molecule has 7 heteroatoms. The molecule has 31 heavy (non-hydrogen) atoms. The Labute approximate surface area is 188 Å². The third kappa shape index (κ3) is 7.34. The second-order valence-corrected chi connectivity index (χ2v) is 8.78. The SMILES string of the molecule is C=C(F)/C=C\C(F)=C\C1=[NH+]N(CCCNCCN(C)C)C(CC)(c2ccccc2P)C1. The van der Waals surface area contributed by atoms with Gasteiger partial charge in [-0.2, -0.15) is 5.01 Å². The van der Waals surface area contributed by atoms with Crippen LogP contribution >= 0.6 is 9.24 Å². The topological polar surface area (TPSA) is 32.5 Å². The first-order valence-corrected chi connectivity index (χ1v) is 11.4. The molecule has 2 N–H and O–H groups in total. The molecule has 1 heterocycles. The number of hydrogen-bond donors (Lipinski definition) is 2. The van der Waals surface area contributed by atoms with Crippen molar-refractivity contribution in [3.8, 4) is 0 Å². The molecule has 2 atom stereocenters. The highest BCUT2D eigenvalue weighted by Gasteiger charge is 2.47. The molecule has 1 aromatic carbocycles. The van der Waals surface area contributed by atoms with Gasteiger partial charge in [0.25, 0.3) is 0 Å². The van der Waals surface area contributed by atoms with Crippen molar-refractivity contribution in [2.24, 2.45) is 0 Å². The Hall–Kier alpha value is -1.88. The lowest BCUT2D eigenvalue weighted by Gasteiger charge is -2.34. The molecule has 170 valence electrons. The number of allylic oxidation sites excluding steroid dienone is 5. The van der Waals surface area contributed by atoms with Crippen molar-refractivity contribution in [2.75, 3.05) is 40.3 Å². The Bertz CT molecular complexity index is 835. The monoisotopic (exact) mass is 449 g/mol. The standard InChI is InChI=1S/C24H35F2N4P/c1-5-24(22-9-6-7-10-23(22)31)18-21(17-20(26)12-11-19(2)25)28-30(24)15-8-13-27-14-16-29(3)4/h6-7,9-12,17,27H,2,5,8,13-16,18,31H2,1,3-4H3/p+1/b12-11-,20-17-. The Morgan fingerprint density at radius 2 is 2.03 bits per heavy atom. The van der Waals surface area contributed by atoms with Crippen LogP contribution in [0.5, 0.6) is 0 Å². The molecule has 0 bridgehead atoms. The van der Waals surface area contributed by atoms with E-state index in [1.165, 1.54) is 11.6 Å². The third-order valence-corrected chi connectivity index (χ3v) is 6.04. The van der Waals surface area contributed by atoms with Gasteiger partial charge in [-0.3, -0.25) is 0 Å². The van der Waals surface area contributed by atoms with Gasteiger partial charge in [0.2, 0.25) is 5.71 Å². The fraction of sp³-hybridized carbons (Fsp3) is 0.458. The van der Waals surface area contributed by atoms with Crippen LogP contribution < -0.4 is 15.7 Å². The highest BCUT2D eigenvalue weighted by Crippen LogP contribution is 2.35. The molecule has 0 saturated carbocycles. The first kappa shape index (κ1) is 25.4. The van der Waals surface area contributed by atoms with Gasteiger partial charge < -0.3 is 10.2 Å². The van der Waals surface area contributed by atoms with Crippen molar-refractivity contribution < 1.29 is 13.9 Å². The second-order valence-electron chi connectivity index (χ2n) is 8.15. The molecule has 0 fully saturated rings. The summed E-state index contributed by atoms with van der Waals surface area (Å²) in [5.41, 5.74) is 1.72. The summed E-state index contributed by atoms with van der Waals surface area (Å²) in [7, 11) is 6.95. The van der Waals surface area contributed by atoms with Crippen LogP contribution in [0.4, 0.5) is 8.78 Å². The molecule has 2 rings (SSSR count). The molecule has 0 aromatic heterocycles. The van der Waals surface area contributed by atoms with E-state index in [1.807, 2.05) is 12.1 Å². The number of halogens is 2. The summed E-state index contributed by atoms with van der Waals surface area (Å²) in [4.78, 5) is 2.15. The van der Waals surface area contributed by atoms with Gasteiger partial charge in [-0.05, 0) is 56.5 Å².